The molecule has 0 spiro atoms. The zero-order chi connectivity index (χ0) is 24.5. The molecule has 2 aromatic heterocycles. The second-order valence-corrected chi connectivity index (χ2v) is 7.85. The van der Waals surface area contributed by atoms with Crippen molar-refractivity contribution < 1.29 is 31.5 Å². The summed E-state index contributed by atoms with van der Waals surface area (Å²) in [4.78, 5) is 31.0. The summed E-state index contributed by atoms with van der Waals surface area (Å²) >= 11 is 5.65. The van der Waals surface area contributed by atoms with Crippen LogP contribution in [0.3, 0.4) is 0 Å². The lowest BCUT2D eigenvalue weighted by Gasteiger charge is -2.17. The van der Waals surface area contributed by atoms with E-state index in [2.05, 4.69) is 10.1 Å². The molecular formula is C22H10ClF5N4O2. The van der Waals surface area contributed by atoms with Crippen LogP contribution in [-0.2, 0) is 6.18 Å². The smallest absolute Gasteiger partial charge is 0.268 e. The molecule has 0 unspecified atom stereocenters. The van der Waals surface area contributed by atoms with E-state index in [1.807, 2.05) is 0 Å². The summed E-state index contributed by atoms with van der Waals surface area (Å²) in [5, 5.41) is 3.72. The van der Waals surface area contributed by atoms with Crippen LogP contribution in [0.5, 0.6) is 0 Å². The average Bonchev–Trinajstić information content (AvgIpc) is 3.22. The summed E-state index contributed by atoms with van der Waals surface area (Å²) in [7, 11) is 0. The number of aryl methyl sites for hydroxylation is 1. The Morgan fingerprint density at radius 1 is 1.00 bits per heavy atom. The highest BCUT2D eigenvalue weighted by Gasteiger charge is 2.41. The molecule has 0 N–H and O–H groups in total. The second kappa shape index (κ2) is 7.32. The van der Waals surface area contributed by atoms with Crippen LogP contribution in [0.25, 0.3) is 16.7 Å². The van der Waals surface area contributed by atoms with Crippen LogP contribution < -0.4 is 4.90 Å². The highest BCUT2D eigenvalue weighted by atomic mass is 35.5. The molecule has 0 radical (unpaired) electrons. The van der Waals surface area contributed by atoms with Gasteiger partial charge in [-0.05, 0) is 37.3 Å². The first kappa shape index (κ1) is 22.0. The molecule has 0 atom stereocenters. The van der Waals surface area contributed by atoms with Crippen molar-refractivity contribution in [3.05, 3.63) is 81.6 Å². The highest BCUT2D eigenvalue weighted by Crippen LogP contribution is 2.40. The van der Waals surface area contributed by atoms with Gasteiger partial charge in [0, 0.05) is 12.3 Å². The minimum Gasteiger partial charge on any atom is -0.268 e. The van der Waals surface area contributed by atoms with E-state index >= 15 is 0 Å². The Labute approximate surface area is 192 Å². The normalized spacial score (nSPS) is 13.8. The van der Waals surface area contributed by atoms with Gasteiger partial charge in [-0.25, -0.2) is 23.3 Å². The molecule has 5 rings (SSSR count). The number of carbonyl (C=O) groups is 2. The molecule has 0 saturated carbocycles. The van der Waals surface area contributed by atoms with E-state index < -0.39 is 40.2 Å². The van der Waals surface area contributed by atoms with Crippen molar-refractivity contribution in [1.82, 2.24) is 14.8 Å². The molecule has 34 heavy (non-hydrogen) atoms. The summed E-state index contributed by atoms with van der Waals surface area (Å²) < 4.78 is 68.7. The summed E-state index contributed by atoms with van der Waals surface area (Å²) in [6, 6.07) is 5.48. The van der Waals surface area contributed by atoms with Crippen molar-refractivity contribution >= 4 is 40.1 Å². The number of anilines is 1. The number of aromatic nitrogens is 3. The molecule has 4 aromatic rings. The Bertz CT molecular complexity index is 1550. The fraction of sp³-hybridized carbons (Fsp3) is 0.0909. The quantitative estimate of drug-likeness (QED) is 0.274. The molecule has 6 nitrogen and oxygen atoms in total. The number of hydrogen-bond donors (Lipinski definition) is 0. The van der Waals surface area contributed by atoms with Crippen molar-refractivity contribution in [3.63, 3.8) is 0 Å². The Balaban J connectivity index is 1.68. The Morgan fingerprint density at radius 2 is 1.74 bits per heavy atom. The van der Waals surface area contributed by atoms with Crippen LogP contribution in [0.1, 0.15) is 32.0 Å². The summed E-state index contributed by atoms with van der Waals surface area (Å²) in [5.41, 5.74) is -1.75. The second-order valence-electron chi connectivity index (χ2n) is 7.45. The van der Waals surface area contributed by atoms with E-state index in [0.717, 1.165) is 35.1 Å². The minimum atomic E-state index is -4.81. The molecule has 0 bridgehead atoms. The van der Waals surface area contributed by atoms with Crippen molar-refractivity contribution in [2.75, 3.05) is 4.90 Å². The molecule has 3 heterocycles. The first-order valence-corrected chi connectivity index (χ1v) is 9.96. The summed E-state index contributed by atoms with van der Waals surface area (Å²) in [5.74, 6) is -3.52. The third-order valence-corrected chi connectivity index (χ3v) is 5.70. The molecule has 2 amide bonds. The molecule has 172 valence electrons. The van der Waals surface area contributed by atoms with Gasteiger partial charge in [0.05, 0.1) is 38.5 Å². The van der Waals surface area contributed by atoms with Gasteiger partial charge in [-0.1, -0.05) is 11.6 Å². The van der Waals surface area contributed by atoms with Crippen LogP contribution >= 0.6 is 11.6 Å². The zero-order valence-corrected chi connectivity index (χ0v) is 17.7. The molecule has 2 aromatic carbocycles. The minimum absolute atomic E-state index is 0.0110. The molecule has 1 aliphatic heterocycles. The lowest BCUT2D eigenvalue weighted by atomic mass is 10.1. The van der Waals surface area contributed by atoms with Crippen molar-refractivity contribution in [2.45, 2.75) is 13.1 Å². The van der Waals surface area contributed by atoms with E-state index in [0.29, 0.717) is 17.0 Å². The number of nitrogens with zero attached hydrogens (tertiary/aromatic N) is 4. The monoisotopic (exact) mass is 492 g/mol. The number of benzene rings is 2. The Morgan fingerprint density at radius 3 is 2.41 bits per heavy atom. The van der Waals surface area contributed by atoms with E-state index in [9.17, 15) is 31.5 Å². The van der Waals surface area contributed by atoms with Gasteiger partial charge in [-0.15, -0.1) is 0 Å². The van der Waals surface area contributed by atoms with Gasteiger partial charge in [0.15, 0.2) is 11.5 Å². The van der Waals surface area contributed by atoms with Crippen LogP contribution in [-0.4, -0.2) is 26.6 Å². The highest BCUT2D eigenvalue weighted by molar-refractivity contribution is 6.37. The van der Waals surface area contributed by atoms with Gasteiger partial charge in [-0.2, -0.15) is 18.3 Å². The predicted octanol–water partition coefficient (Wildman–Crippen LogP) is 5.48. The Hall–Kier alpha value is -3.86. The number of fused-ring (bicyclic) bond motifs is 3. The van der Waals surface area contributed by atoms with E-state index in [-0.39, 0.29) is 39.2 Å². The first-order chi connectivity index (χ1) is 16.0. The van der Waals surface area contributed by atoms with Crippen LogP contribution in [0.15, 0.2) is 42.6 Å². The van der Waals surface area contributed by atoms with Gasteiger partial charge in [0.1, 0.15) is 11.5 Å². The topological polar surface area (TPSA) is 68.1 Å². The van der Waals surface area contributed by atoms with Gasteiger partial charge >= 0.3 is 6.18 Å². The number of amides is 2. The zero-order valence-electron chi connectivity index (χ0n) is 16.9. The molecular weight excluding hydrogens is 483 g/mol. The number of alkyl halides is 3. The maximum Gasteiger partial charge on any atom is 0.417 e. The van der Waals surface area contributed by atoms with Crippen LogP contribution in [0.2, 0.25) is 5.02 Å². The maximum absolute atomic E-state index is 14.4. The van der Waals surface area contributed by atoms with Crippen molar-refractivity contribution in [1.29, 1.82) is 0 Å². The van der Waals surface area contributed by atoms with Gasteiger partial charge in [0.2, 0.25) is 0 Å². The van der Waals surface area contributed by atoms with Gasteiger partial charge in [-0.3, -0.25) is 9.59 Å². The van der Waals surface area contributed by atoms with Crippen molar-refractivity contribution in [3.8, 4) is 5.69 Å². The molecule has 0 saturated heterocycles. The lowest BCUT2D eigenvalue weighted by Crippen LogP contribution is -2.29. The van der Waals surface area contributed by atoms with Gasteiger partial charge in [0.25, 0.3) is 11.8 Å². The fourth-order valence-corrected chi connectivity index (χ4v) is 4.11. The van der Waals surface area contributed by atoms with E-state index in [1.54, 1.807) is 0 Å². The fourth-order valence-electron chi connectivity index (χ4n) is 3.89. The number of rotatable bonds is 2. The SMILES string of the molecule is Cc1nn(-c2ccc(F)cc2F)c2ncc3c(c12)C(=O)N(c1ccc(Cl)c(C(F)(F)F)c1)C3=O. The molecule has 0 aliphatic carbocycles. The number of halogens is 6. The standard InChI is InChI=1S/C22H10ClF5N4O2/c1-9-17-18-12(8-29-19(17)32(30-9)16-5-2-10(24)6-15(16)25)20(33)31(21(18)34)11-3-4-14(23)13(7-11)22(26,27)28/h2-8H,1H3. The number of pyridine rings is 1. The first-order valence-electron chi connectivity index (χ1n) is 9.58. The van der Waals surface area contributed by atoms with Crippen molar-refractivity contribution in [2.24, 2.45) is 0 Å². The lowest BCUT2D eigenvalue weighted by molar-refractivity contribution is -0.137. The third-order valence-electron chi connectivity index (χ3n) is 5.37. The van der Waals surface area contributed by atoms with Crippen LogP contribution in [0.4, 0.5) is 27.6 Å². The summed E-state index contributed by atoms with van der Waals surface area (Å²) in [6.07, 6.45) is -3.74. The van der Waals surface area contributed by atoms with Crippen LogP contribution in [0, 0.1) is 18.6 Å². The molecule has 0 fully saturated rings. The maximum atomic E-state index is 14.4. The molecule has 12 heteroatoms. The predicted molar refractivity (Wildman–Crippen MR) is 111 cm³/mol. The largest absolute Gasteiger partial charge is 0.417 e. The number of imide groups is 1. The summed E-state index contributed by atoms with van der Waals surface area (Å²) in [6.45, 7) is 1.49. The van der Waals surface area contributed by atoms with Gasteiger partial charge < -0.3 is 0 Å². The number of hydrogen-bond acceptors (Lipinski definition) is 4. The van der Waals surface area contributed by atoms with E-state index in [4.69, 9.17) is 11.6 Å². The van der Waals surface area contributed by atoms with E-state index in [1.165, 1.54) is 6.92 Å². The third kappa shape index (κ3) is 3.15. The molecule has 1 aliphatic rings. The number of carbonyl (C=O) groups excluding carboxylic acids is 2. The average molecular weight is 493 g/mol. The Kier molecular flexibility index (Phi) is 4.73.